The van der Waals surface area contributed by atoms with E-state index in [1.165, 1.54) is 0 Å². The van der Waals surface area contributed by atoms with E-state index in [4.69, 9.17) is 11.6 Å². The number of rotatable bonds is 1. The lowest BCUT2D eigenvalue weighted by atomic mass is 10.0. The molecule has 1 aliphatic carbocycles. The minimum atomic E-state index is 0.197. The van der Waals surface area contributed by atoms with Crippen molar-refractivity contribution < 1.29 is 4.79 Å². The number of halogens is 1. The van der Waals surface area contributed by atoms with Gasteiger partial charge in [0.05, 0.1) is 0 Å². The summed E-state index contributed by atoms with van der Waals surface area (Å²) < 4.78 is 0. The van der Waals surface area contributed by atoms with Crippen molar-refractivity contribution in [1.82, 2.24) is 0 Å². The minimum absolute atomic E-state index is 0.197. The van der Waals surface area contributed by atoms with Crippen LogP contribution in [0.25, 0.3) is 5.57 Å². The molecule has 0 heterocycles. The molecule has 0 fully saturated rings. The summed E-state index contributed by atoms with van der Waals surface area (Å²) in [6, 6.07) is 7.37. The number of benzene rings is 1. The maximum Gasteiger partial charge on any atom is 0.163 e. The lowest BCUT2D eigenvalue weighted by Gasteiger charge is -2.04. The summed E-state index contributed by atoms with van der Waals surface area (Å²) in [6.07, 6.45) is 7.24. The fourth-order valence-corrected chi connectivity index (χ4v) is 1.72. The molecule has 0 N–H and O–H groups in total. The molecule has 0 amide bonds. The van der Waals surface area contributed by atoms with Crippen molar-refractivity contribution in [3.63, 3.8) is 0 Å². The third kappa shape index (κ3) is 2.37. The third-order valence-corrected chi connectivity index (χ3v) is 2.64. The maximum atomic E-state index is 11.8. The summed E-state index contributed by atoms with van der Waals surface area (Å²) >= 11 is 5.80. The molecule has 1 aliphatic rings. The maximum absolute atomic E-state index is 11.8. The number of ketones is 1. The number of Topliss-reactive ketones (excluding diaryl/α,β-unsaturated/α-hetero) is 1. The molecule has 1 nitrogen and oxygen atoms in total. The molecule has 0 radical (unpaired) electrons. The minimum Gasteiger partial charge on any atom is -0.294 e. The zero-order chi connectivity index (χ0) is 10.7. The van der Waals surface area contributed by atoms with Gasteiger partial charge in [-0.3, -0.25) is 4.79 Å². The molecule has 1 aromatic rings. The zero-order valence-electron chi connectivity index (χ0n) is 8.24. The van der Waals surface area contributed by atoms with Crippen LogP contribution in [0.4, 0.5) is 0 Å². The van der Waals surface area contributed by atoms with Crippen LogP contribution in [-0.4, -0.2) is 5.78 Å². The van der Waals surface area contributed by atoms with Gasteiger partial charge in [-0.25, -0.2) is 0 Å². The van der Waals surface area contributed by atoms with Crippen LogP contribution in [0.15, 0.2) is 42.5 Å². The quantitative estimate of drug-likeness (QED) is 0.703. The molecule has 0 saturated carbocycles. The van der Waals surface area contributed by atoms with E-state index in [9.17, 15) is 4.79 Å². The Morgan fingerprint density at radius 3 is 2.60 bits per heavy atom. The number of hydrogen-bond acceptors (Lipinski definition) is 1. The van der Waals surface area contributed by atoms with Crippen molar-refractivity contribution in [2.75, 3.05) is 0 Å². The predicted octanol–water partition coefficient (Wildman–Crippen LogP) is 3.64. The second-order valence-corrected chi connectivity index (χ2v) is 3.91. The van der Waals surface area contributed by atoms with Crippen LogP contribution in [0.3, 0.4) is 0 Å². The summed E-state index contributed by atoms with van der Waals surface area (Å²) in [5.74, 6) is 0.197. The second-order valence-electron chi connectivity index (χ2n) is 3.48. The van der Waals surface area contributed by atoms with Gasteiger partial charge in [-0.05, 0) is 24.1 Å². The van der Waals surface area contributed by atoms with Crippen LogP contribution in [0.2, 0.25) is 5.02 Å². The van der Waals surface area contributed by atoms with Crippen LogP contribution >= 0.6 is 11.6 Å². The molecule has 2 rings (SSSR count). The van der Waals surface area contributed by atoms with Gasteiger partial charge in [-0.1, -0.05) is 42.0 Å². The van der Waals surface area contributed by atoms with Gasteiger partial charge in [-0.15, -0.1) is 0 Å². The van der Waals surface area contributed by atoms with Gasteiger partial charge < -0.3 is 0 Å². The van der Waals surface area contributed by atoms with Gasteiger partial charge in [0.1, 0.15) is 0 Å². The molecule has 0 aliphatic heterocycles. The highest BCUT2D eigenvalue weighted by Gasteiger charge is 2.11. The van der Waals surface area contributed by atoms with Gasteiger partial charge in [0.25, 0.3) is 0 Å². The average Bonchev–Trinajstić information content (AvgIpc) is 2.44. The van der Waals surface area contributed by atoms with Gasteiger partial charge in [-0.2, -0.15) is 0 Å². The lowest BCUT2D eigenvalue weighted by molar-refractivity contribution is -0.113. The summed E-state index contributed by atoms with van der Waals surface area (Å²) in [5, 5.41) is 0.691. The molecule has 1 aromatic carbocycles. The Labute approximate surface area is 94.1 Å². The molecular formula is C13H11ClO. The summed E-state index contributed by atoms with van der Waals surface area (Å²) in [4.78, 5) is 11.8. The van der Waals surface area contributed by atoms with Gasteiger partial charge in [0, 0.05) is 17.0 Å². The average molecular weight is 219 g/mol. The molecule has 0 saturated heterocycles. The topological polar surface area (TPSA) is 17.1 Å². The first kappa shape index (κ1) is 10.2. The molecule has 2 heteroatoms. The standard InChI is InChI=1S/C13H11ClO/c14-11-8-6-10(7-9-11)12-4-2-1-3-5-13(12)15/h1-2,4,6-9H,3,5H2. The Kier molecular flexibility index (Phi) is 3.02. The predicted molar refractivity (Wildman–Crippen MR) is 62.8 cm³/mol. The van der Waals surface area contributed by atoms with Crippen molar-refractivity contribution in [3.8, 4) is 0 Å². The number of allylic oxidation sites excluding steroid dienone is 4. The zero-order valence-corrected chi connectivity index (χ0v) is 9.00. The Hall–Kier alpha value is -1.34. The van der Waals surface area contributed by atoms with Gasteiger partial charge in [0.2, 0.25) is 0 Å². The van der Waals surface area contributed by atoms with Crippen molar-refractivity contribution in [3.05, 3.63) is 53.1 Å². The summed E-state index contributed by atoms with van der Waals surface area (Å²) in [6.45, 7) is 0. The van der Waals surface area contributed by atoms with E-state index in [2.05, 4.69) is 0 Å². The van der Waals surface area contributed by atoms with Crippen LogP contribution in [0, 0.1) is 0 Å². The summed E-state index contributed by atoms with van der Waals surface area (Å²) in [5.41, 5.74) is 1.72. The Balaban J connectivity index is 2.36. The van der Waals surface area contributed by atoms with Crippen molar-refractivity contribution >= 4 is 23.0 Å². The second kappa shape index (κ2) is 4.45. The van der Waals surface area contributed by atoms with Crippen LogP contribution in [0.5, 0.6) is 0 Å². The monoisotopic (exact) mass is 218 g/mol. The normalized spacial score (nSPS) is 16.1. The molecular weight excluding hydrogens is 208 g/mol. The highest BCUT2D eigenvalue weighted by Crippen LogP contribution is 2.22. The Bertz CT molecular complexity index is 426. The van der Waals surface area contributed by atoms with Crippen LogP contribution in [0.1, 0.15) is 18.4 Å². The van der Waals surface area contributed by atoms with Crippen molar-refractivity contribution in [2.45, 2.75) is 12.8 Å². The number of carbonyl (C=O) groups is 1. The third-order valence-electron chi connectivity index (χ3n) is 2.39. The fraction of sp³-hybridized carbons (Fsp3) is 0.154. The molecule has 0 aromatic heterocycles. The Morgan fingerprint density at radius 2 is 1.87 bits per heavy atom. The molecule has 0 unspecified atom stereocenters. The SMILES string of the molecule is O=C1CCC=CC=C1c1ccc(Cl)cc1. The highest BCUT2D eigenvalue weighted by molar-refractivity contribution is 6.30. The van der Waals surface area contributed by atoms with E-state index in [1.807, 2.05) is 30.4 Å². The Morgan fingerprint density at radius 1 is 1.13 bits per heavy atom. The number of carbonyl (C=O) groups excluding carboxylic acids is 1. The van der Waals surface area contributed by atoms with Gasteiger partial charge >= 0.3 is 0 Å². The fourth-order valence-electron chi connectivity index (χ4n) is 1.59. The first-order valence-electron chi connectivity index (χ1n) is 4.93. The largest absolute Gasteiger partial charge is 0.294 e. The van der Waals surface area contributed by atoms with E-state index in [0.29, 0.717) is 11.4 Å². The van der Waals surface area contributed by atoms with E-state index in [0.717, 1.165) is 17.6 Å². The molecule has 0 atom stereocenters. The first-order valence-corrected chi connectivity index (χ1v) is 5.31. The van der Waals surface area contributed by atoms with Gasteiger partial charge in [0.15, 0.2) is 5.78 Å². The van der Waals surface area contributed by atoms with E-state index in [-0.39, 0.29) is 5.78 Å². The van der Waals surface area contributed by atoms with E-state index < -0.39 is 0 Å². The smallest absolute Gasteiger partial charge is 0.163 e. The number of hydrogen-bond donors (Lipinski definition) is 0. The first-order chi connectivity index (χ1) is 7.27. The van der Waals surface area contributed by atoms with E-state index in [1.54, 1.807) is 12.1 Å². The lowest BCUT2D eigenvalue weighted by Crippen LogP contribution is -1.99. The molecule has 76 valence electrons. The van der Waals surface area contributed by atoms with Crippen molar-refractivity contribution in [2.24, 2.45) is 0 Å². The van der Waals surface area contributed by atoms with Crippen LogP contribution in [-0.2, 0) is 4.79 Å². The highest BCUT2D eigenvalue weighted by atomic mass is 35.5. The summed E-state index contributed by atoms with van der Waals surface area (Å²) in [7, 11) is 0. The molecule has 0 bridgehead atoms. The van der Waals surface area contributed by atoms with Crippen LogP contribution < -0.4 is 0 Å². The molecule has 0 spiro atoms. The van der Waals surface area contributed by atoms with Crippen molar-refractivity contribution in [1.29, 1.82) is 0 Å². The van der Waals surface area contributed by atoms with E-state index >= 15 is 0 Å². The molecule has 15 heavy (non-hydrogen) atoms.